The molecule has 0 atom stereocenters. The SMILES string of the molecule is [2H]c1c([2H])c([2H])c(-c2c([2H])c([2H])c(-c3c([2H])c([2H])c([2H])c([2H])c3-c3c4c([2H])c([2H])c([2H])c([2H])c4c(-c4c([2H])c([2H])c([2H])c5oc6c([2H])c([2H])c([2H])c([2H])c6c45)c4c([2H])c([2H])c([2H])c([2H])c34)c([2H])c2[2H])c([2H])c1[2H]. The third-order valence-corrected chi connectivity index (χ3v) is 7.14. The Morgan fingerprint density at radius 3 is 1.42 bits per heavy atom. The van der Waals surface area contributed by atoms with Crippen LogP contribution >= 0.6 is 0 Å². The van der Waals surface area contributed by atoms with Crippen molar-refractivity contribution in [3.05, 3.63) is 169 Å². The number of hydrogen-bond donors (Lipinski definition) is 0. The molecule has 210 valence electrons. The van der Waals surface area contributed by atoms with E-state index in [-0.39, 0.29) is 0 Å². The van der Waals surface area contributed by atoms with Gasteiger partial charge in [-0.15, -0.1) is 0 Å². The predicted octanol–water partition coefficient (Wildman–Crippen LogP) is 12.6. The first kappa shape index (κ1) is 10.1. The van der Waals surface area contributed by atoms with Crippen molar-refractivity contribution in [1.29, 1.82) is 0 Å². The van der Waals surface area contributed by atoms with Gasteiger partial charge >= 0.3 is 0 Å². The summed E-state index contributed by atoms with van der Waals surface area (Å²) in [6, 6.07) is -27.5. The van der Waals surface area contributed by atoms with Gasteiger partial charge < -0.3 is 4.42 Å². The van der Waals surface area contributed by atoms with Crippen molar-refractivity contribution in [3.8, 4) is 44.5 Å². The van der Waals surface area contributed by atoms with Crippen molar-refractivity contribution in [1.82, 2.24) is 0 Å². The van der Waals surface area contributed by atoms with Crippen LogP contribution in [0.15, 0.2) is 174 Å². The zero-order valence-electron chi connectivity index (χ0n) is 50.4. The maximum Gasteiger partial charge on any atom is 0.136 e. The Labute approximate surface area is 301 Å². The van der Waals surface area contributed by atoms with Crippen LogP contribution in [0.4, 0.5) is 0 Å². The monoisotopic (exact) mass is 600 g/mol. The summed E-state index contributed by atoms with van der Waals surface area (Å²) < 4.78 is 256. The number of para-hydroxylation sites is 1. The van der Waals surface area contributed by atoms with Crippen LogP contribution in [0.5, 0.6) is 0 Å². The van der Waals surface area contributed by atoms with Crippen LogP contribution in [0.3, 0.4) is 0 Å². The second-order valence-corrected chi connectivity index (χ2v) is 9.51. The molecular formula is C44H28O. The molecule has 0 spiro atoms. The average molecular weight is 601 g/mol. The Hall–Kier alpha value is -5.92. The van der Waals surface area contributed by atoms with Crippen LogP contribution in [0.25, 0.3) is 88.0 Å². The Morgan fingerprint density at radius 1 is 0.311 bits per heavy atom. The first-order valence-corrected chi connectivity index (χ1v) is 13.2. The van der Waals surface area contributed by atoms with Crippen molar-refractivity contribution in [3.63, 3.8) is 0 Å². The van der Waals surface area contributed by atoms with E-state index in [0.717, 1.165) is 0 Å². The number of benzene rings is 8. The van der Waals surface area contributed by atoms with E-state index < -0.39 is 257 Å². The van der Waals surface area contributed by atoms with Crippen molar-refractivity contribution in [2.24, 2.45) is 0 Å². The molecule has 9 aromatic rings. The molecule has 0 aliphatic rings. The summed E-state index contributed by atoms with van der Waals surface area (Å²) in [5.74, 6) is 0. The van der Waals surface area contributed by atoms with E-state index in [1.807, 2.05) is 0 Å². The number of furan rings is 1. The van der Waals surface area contributed by atoms with Crippen molar-refractivity contribution < 1.29 is 42.8 Å². The zero-order chi connectivity index (χ0) is 54.1. The molecule has 1 heteroatoms. The predicted molar refractivity (Wildman–Crippen MR) is 190 cm³/mol. The lowest BCUT2D eigenvalue weighted by molar-refractivity contribution is 0.669. The summed E-state index contributed by atoms with van der Waals surface area (Å²) in [4.78, 5) is 0. The van der Waals surface area contributed by atoms with Crippen LogP contribution in [-0.4, -0.2) is 0 Å². The van der Waals surface area contributed by atoms with Gasteiger partial charge in [-0.3, -0.25) is 0 Å². The van der Waals surface area contributed by atoms with Gasteiger partial charge in [0.1, 0.15) is 11.2 Å². The lowest BCUT2D eigenvalue weighted by Gasteiger charge is -2.20. The van der Waals surface area contributed by atoms with Crippen LogP contribution in [0.1, 0.15) is 38.4 Å². The van der Waals surface area contributed by atoms with E-state index in [2.05, 4.69) is 0 Å². The average Bonchev–Trinajstić information content (AvgIpc) is 3.76. The molecule has 0 N–H and O–H groups in total. The third kappa shape index (κ3) is 4.09. The molecular weight excluding hydrogens is 544 g/mol. The highest BCUT2D eigenvalue weighted by Gasteiger charge is 2.21. The topological polar surface area (TPSA) is 13.1 Å². The fourth-order valence-corrected chi connectivity index (χ4v) is 5.30. The summed E-state index contributed by atoms with van der Waals surface area (Å²) in [6.07, 6.45) is 0. The van der Waals surface area contributed by atoms with Crippen molar-refractivity contribution >= 4 is 43.5 Å². The van der Waals surface area contributed by atoms with Gasteiger partial charge in [0, 0.05) is 10.8 Å². The summed E-state index contributed by atoms with van der Waals surface area (Å²) in [6.45, 7) is 0. The molecule has 0 aliphatic heterocycles. The standard InChI is InChI=1S/C44H28O/c1-2-13-29(14-3-1)30-25-27-31(28-26-30)32-15-4-5-16-33(32)42-34-17-6-8-19-36(34)43(37-20-9-7-18-35(37)42)39-22-12-24-41-44(39)38-21-10-11-23-40(38)45-41/h1-28H/i1D,2D,3D,4D,5D,6D,7D,8D,9D,10D,11D,12D,13D,14D,15D,16D,17D,18D,19D,20D,21D,22D,23D,24D,25D,26D,27D,28D. The lowest BCUT2D eigenvalue weighted by Crippen LogP contribution is -1.93. The lowest BCUT2D eigenvalue weighted by atomic mass is 9.83. The van der Waals surface area contributed by atoms with Gasteiger partial charge in [0.05, 0.1) is 38.4 Å². The molecule has 0 radical (unpaired) electrons. The van der Waals surface area contributed by atoms with Gasteiger partial charge in [0.15, 0.2) is 0 Å². The maximum atomic E-state index is 9.52. The Bertz CT molecular complexity index is 3980. The van der Waals surface area contributed by atoms with Gasteiger partial charge in [0.2, 0.25) is 0 Å². The highest BCUT2D eigenvalue weighted by Crippen LogP contribution is 2.48. The van der Waals surface area contributed by atoms with Gasteiger partial charge in [0.25, 0.3) is 0 Å². The number of rotatable bonds is 4. The summed E-state index contributed by atoms with van der Waals surface area (Å²) >= 11 is 0. The van der Waals surface area contributed by atoms with Gasteiger partial charge in [-0.25, -0.2) is 0 Å². The highest BCUT2D eigenvalue weighted by molar-refractivity contribution is 6.26. The van der Waals surface area contributed by atoms with Crippen molar-refractivity contribution in [2.45, 2.75) is 0 Å². The normalized spacial score (nSPS) is 20.3. The van der Waals surface area contributed by atoms with Crippen molar-refractivity contribution in [2.75, 3.05) is 0 Å². The Balaban J connectivity index is 1.62. The Kier molecular flexibility index (Phi) is 2.32. The van der Waals surface area contributed by atoms with Crippen LogP contribution < -0.4 is 0 Å². The van der Waals surface area contributed by atoms with Gasteiger partial charge in [-0.05, 0) is 78.1 Å². The molecule has 0 saturated heterocycles. The van der Waals surface area contributed by atoms with E-state index in [4.69, 9.17) is 30.5 Å². The summed E-state index contributed by atoms with van der Waals surface area (Å²) in [5.41, 5.74) is -7.82. The number of hydrogen-bond acceptors (Lipinski definition) is 1. The second kappa shape index (κ2) is 10.4. The maximum absolute atomic E-state index is 9.52. The number of fused-ring (bicyclic) bond motifs is 5. The molecule has 0 bridgehead atoms. The molecule has 45 heavy (non-hydrogen) atoms. The minimum absolute atomic E-state index is 0.500. The largest absolute Gasteiger partial charge is 0.456 e. The Morgan fingerprint density at radius 2 is 0.756 bits per heavy atom. The quantitative estimate of drug-likeness (QED) is 0.183. The van der Waals surface area contributed by atoms with E-state index in [1.165, 1.54) is 0 Å². The summed E-state index contributed by atoms with van der Waals surface area (Å²) in [5, 5.41) is -4.17. The molecule has 1 aromatic heterocycles. The fourth-order valence-electron chi connectivity index (χ4n) is 5.30. The molecule has 1 nitrogen and oxygen atoms in total. The molecule has 0 fully saturated rings. The fraction of sp³-hybridized carbons (Fsp3) is 0. The smallest absolute Gasteiger partial charge is 0.136 e. The molecule has 0 aliphatic carbocycles. The van der Waals surface area contributed by atoms with Crippen LogP contribution in [-0.2, 0) is 0 Å². The third-order valence-electron chi connectivity index (χ3n) is 7.14. The van der Waals surface area contributed by atoms with E-state index in [0.29, 0.717) is 0 Å². The molecule has 0 unspecified atom stereocenters. The second-order valence-electron chi connectivity index (χ2n) is 9.51. The van der Waals surface area contributed by atoms with Gasteiger partial charge in [-0.2, -0.15) is 0 Å². The molecule has 0 amide bonds. The van der Waals surface area contributed by atoms with Gasteiger partial charge in [-0.1, -0.05) is 157 Å². The molecule has 0 saturated carbocycles. The summed E-state index contributed by atoms with van der Waals surface area (Å²) in [7, 11) is 0. The molecule has 8 aromatic carbocycles. The van der Waals surface area contributed by atoms with E-state index in [9.17, 15) is 12.3 Å². The van der Waals surface area contributed by atoms with E-state index >= 15 is 0 Å². The first-order chi connectivity index (χ1) is 34.0. The van der Waals surface area contributed by atoms with Crippen LogP contribution in [0.2, 0.25) is 0 Å². The minimum Gasteiger partial charge on any atom is -0.456 e. The van der Waals surface area contributed by atoms with Crippen LogP contribution in [0, 0.1) is 0 Å². The first-order valence-electron chi connectivity index (χ1n) is 27.2. The molecule has 1 heterocycles. The minimum atomic E-state index is -1.13. The highest BCUT2D eigenvalue weighted by atomic mass is 16.3. The van der Waals surface area contributed by atoms with E-state index in [1.54, 1.807) is 0 Å². The zero-order valence-corrected chi connectivity index (χ0v) is 22.4. The molecule has 9 rings (SSSR count).